The van der Waals surface area contributed by atoms with Crippen LogP contribution in [-0.2, 0) is 4.79 Å². The van der Waals surface area contributed by atoms with Crippen LogP contribution in [0.3, 0.4) is 0 Å². The second-order valence-electron chi connectivity index (χ2n) is 4.81. The molecule has 1 atom stereocenters. The molecule has 1 heterocycles. The number of hydrogen-bond acceptors (Lipinski definition) is 3. The molecule has 0 aliphatic heterocycles. The molecule has 1 unspecified atom stereocenters. The van der Waals surface area contributed by atoms with E-state index >= 15 is 0 Å². The summed E-state index contributed by atoms with van der Waals surface area (Å²) in [5.41, 5.74) is 6.49. The molecule has 100 valence electrons. The summed E-state index contributed by atoms with van der Waals surface area (Å²) in [5.74, 6) is -0.137. The van der Waals surface area contributed by atoms with Gasteiger partial charge in [-0.25, -0.2) is 0 Å². The Balaban J connectivity index is 2.37. The third-order valence-corrected chi connectivity index (χ3v) is 3.21. The number of aromatic nitrogens is 1. The summed E-state index contributed by atoms with van der Waals surface area (Å²) in [7, 11) is 0. The number of pyridine rings is 1. The molecule has 3 N–H and O–H groups in total. The number of nitrogens with two attached hydrogens (primary N) is 1. The summed E-state index contributed by atoms with van der Waals surface area (Å²) in [6, 6.07) is 4.81. The number of hydrogen-bond donors (Lipinski definition) is 2. The van der Waals surface area contributed by atoms with Crippen LogP contribution in [0.4, 0.5) is 5.69 Å². The number of fused-ring (bicyclic) bond motifs is 1. The summed E-state index contributed by atoms with van der Waals surface area (Å²) in [4.78, 5) is 16.1. The molecule has 19 heavy (non-hydrogen) atoms. The lowest BCUT2D eigenvalue weighted by molar-refractivity contribution is -0.118. The summed E-state index contributed by atoms with van der Waals surface area (Å²) in [6.07, 6.45) is 3.38. The minimum Gasteiger partial charge on any atom is -0.324 e. The molecule has 0 radical (unpaired) electrons. The lowest BCUT2D eigenvalue weighted by atomic mass is 10.0. The first kappa shape index (κ1) is 13.8. The molecule has 2 aromatic rings. The fraction of sp³-hybridized carbons (Fsp3) is 0.286. The van der Waals surface area contributed by atoms with Crippen LogP contribution in [0, 0.1) is 5.92 Å². The highest BCUT2D eigenvalue weighted by molar-refractivity contribution is 6.32. The largest absolute Gasteiger partial charge is 0.324 e. The molecule has 0 fully saturated rings. The predicted molar refractivity (Wildman–Crippen MR) is 78.2 cm³/mol. The van der Waals surface area contributed by atoms with E-state index in [9.17, 15) is 4.79 Å². The Hall–Kier alpha value is -1.65. The Morgan fingerprint density at radius 1 is 1.42 bits per heavy atom. The lowest BCUT2D eigenvalue weighted by Gasteiger charge is -2.16. The van der Waals surface area contributed by atoms with Crippen LogP contribution in [-0.4, -0.2) is 16.9 Å². The Morgan fingerprint density at radius 3 is 2.84 bits per heavy atom. The average Bonchev–Trinajstić information content (AvgIpc) is 2.37. The van der Waals surface area contributed by atoms with Gasteiger partial charge in [-0.05, 0) is 24.1 Å². The van der Waals surface area contributed by atoms with Gasteiger partial charge < -0.3 is 11.1 Å². The molecule has 0 spiro atoms. The van der Waals surface area contributed by atoms with E-state index in [0.29, 0.717) is 10.7 Å². The van der Waals surface area contributed by atoms with Gasteiger partial charge in [0.25, 0.3) is 0 Å². The summed E-state index contributed by atoms with van der Waals surface area (Å²) >= 11 is 6.04. The van der Waals surface area contributed by atoms with E-state index in [2.05, 4.69) is 10.3 Å². The number of rotatable bonds is 3. The molecule has 0 saturated carbocycles. The predicted octanol–water partition coefficient (Wildman–Crippen LogP) is 2.81. The molecule has 2 rings (SSSR count). The van der Waals surface area contributed by atoms with Crippen molar-refractivity contribution in [3.05, 3.63) is 35.6 Å². The molecular weight excluding hydrogens is 262 g/mol. The molecule has 0 aliphatic carbocycles. The number of anilines is 1. The quantitative estimate of drug-likeness (QED) is 0.906. The molecule has 1 aromatic heterocycles. The van der Waals surface area contributed by atoms with Gasteiger partial charge in [0.2, 0.25) is 5.91 Å². The smallest absolute Gasteiger partial charge is 0.241 e. The van der Waals surface area contributed by atoms with Crippen LogP contribution >= 0.6 is 11.6 Å². The van der Waals surface area contributed by atoms with Gasteiger partial charge in [-0.2, -0.15) is 0 Å². The van der Waals surface area contributed by atoms with Crippen molar-refractivity contribution in [1.29, 1.82) is 0 Å². The van der Waals surface area contributed by atoms with E-state index in [1.54, 1.807) is 18.5 Å². The number of carbonyl (C=O) groups is 1. The Labute approximate surface area is 117 Å². The van der Waals surface area contributed by atoms with Gasteiger partial charge in [0, 0.05) is 28.2 Å². The first-order valence-electron chi connectivity index (χ1n) is 6.08. The maximum atomic E-state index is 12.0. The van der Waals surface area contributed by atoms with Gasteiger partial charge in [-0.15, -0.1) is 0 Å². The standard InChI is InChI=1S/C14H16ClN3O/c1-8(2)13(16)14(19)18-12-6-10(15)5-9-7-17-4-3-11(9)12/h3-8,13H,16H2,1-2H3,(H,18,19). The van der Waals surface area contributed by atoms with E-state index in [1.165, 1.54) is 0 Å². The van der Waals surface area contributed by atoms with Gasteiger partial charge in [-0.1, -0.05) is 25.4 Å². The van der Waals surface area contributed by atoms with Crippen LogP contribution in [0.15, 0.2) is 30.6 Å². The highest BCUT2D eigenvalue weighted by atomic mass is 35.5. The number of carbonyl (C=O) groups excluding carboxylic acids is 1. The Morgan fingerprint density at radius 2 is 2.16 bits per heavy atom. The van der Waals surface area contributed by atoms with Crippen molar-refractivity contribution in [2.75, 3.05) is 5.32 Å². The minimum atomic E-state index is -0.545. The molecule has 1 aromatic carbocycles. The van der Waals surface area contributed by atoms with Gasteiger partial charge in [0.15, 0.2) is 0 Å². The molecule has 0 saturated heterocycles. The maximum Gasteiger partial charge on any atom is 0.241 e. The number of nitrogens with zero attached hydrogens (tertiary/aromatic N) is 1. The van der Waals surface area contributed by atoms with Crippen LogP contribution in [0.2, 0.25) is 5.02 Å². The van der Waals surface area contributed by atoms with Crippen molar-refractivity contribution in [2.24, 2.45) is 11.7 Å². The second-order valence-corrected chi connectivity index (χ2v) is 5.25. The van der Waals surface area contributed by atoms with Crippen molar-refractivity contribution in [3.8, 4) is 0 Å². The van der Waals surface area contributed by atoms with E-state index in [1.807, 2.05) is 26.0 Å². The van der Waals surface area contributed by atoms with Gasteiger partial charge in [0.1, 0.15) is 0 Å². The van der Waals surface area contributed by atoms with E-state index in [0.717, 1.165) is 10.8 Å². The van der Waals surface area contributed by atoms with E-state index < -0.39 is 6.04 Å². The van der Waals surface area contributed by atoms with E-state index in [4.69, 9.17) is 17.3 Å². The van der Waals surface area contributed by atoms with Gasteiger partial charge >= 0.3 is 0 Å². The van der Waals surface area contributed by atoms with Crippen LogP contribution in [0.5, 0.6) is 0 Å². The fourth-order valence-corrected chi connectivity index (χ4v) is 2.02. The molecule has 5 heteroatoms. The minimum absolute atomic E-state index is 0.0760. The zero-order valence-electron chi connectivity index (χ0n) is 10.9. The van der Waals surface area contributed by atoms with Gasteiger partial charge in [0.05, 0.1) is 11.7 Å². The maximum absolute atomic E-state index is 12.0. The third-order valence-electron chi connectivity index (χ3n) is 3.00. The highest BCUT2D eigenvalue weighted by Gasteiger charge is 2.18. The summed E-state index contributed by atoms with van der Waals surface area (Å²) in [5, 5.41) is 5.15. The molecule has 0 bridgehead atoms. The molecule has 1 amide bonds. The zero-order valence-corrected chi connectivity index (χ0v) is 11.6. The first-order chi connectivity index (χ1) is 8.99. The number of benzene rings is 1. The van der Waals surface area contributed by atoms with Gasteiger partial charge in [-0.3, -0.25) is 9.78 Å². The van der Waals surface area contributed by atoms with Crippen LogP contribution < -0.4 is 11.1 Å². The topological polar surface area (TPSA) is 68.0 Å². The monoisotopic (exact) mass is 277 g/mol. The summed E-state index contributed by atoms with van der Waals surface area (Å²) < 4.78 is 0. The Kier molecular flexibility index (Phi) is 4.02. The average molecular weight is 278 g/mol. The number of nitrogens with one attached hydrogen (secondary N) is 1. The SMILES string of the molecule is CC(C)C(N)C(=O)Nc1cc(Cl)cc2cnccc12. The summed E-state index contributed by atoms with van der Waals surface area (Å²) in [6.45, 7) is 3.81. The van der Waals surface area contributed by atoms with Crippen molar-refractivity contribution >= 4 is 34.0 Å². The number of amides is 1. The highest BCUT2D eigenvalue weighted by Crippen LogP contribution is 2.27. The number of halogens is 1. The van der Waals surface area contributed by atoms with Crippen LogP contribution in [0.1, 0.15) is 13.8 Å². The van der Waals surface area contributed by atoms with Crippen molar-refractivity contribution in [2.45, 2.75) is 19.9 Å². The third kappa shape index (κ3) is 3.03. The van der Waals surface area contributed by atoms with E-state index in [-0.39, 0.29) is 11.8 Å². The fourth-order valence-electron chi connectivity index (χ4n) is 1.80. The van der Waals surface area contributed by atoms with Crippen LogP contribution in [0.25, 0.3) is 10.8 Å². The molecule has 0 aliphatic rings. The Bertz CT molecular complexity index is 613. The second kappa shape index (κ2) is 5.55. The van der Waals surface area contributed by atoms with Crippen molar-refractivity contribution in [1.82, 2.24) is 4.98 Å². The first-order valence-corrected chi connectivity index (χ1v) is 6.46. The zero-order chi connectivity index (χ0) is 14.0. The normalized spacial score (nSPS) is 12.7. The van der Waals surface area contributed by atoms with Crippen molar-refractivity contribution in [3.63, 3.8) is 0 Å². The lowest BCUT2D eigenvalue weighted by Crippen LogP contribution is -2.39. The molecule has 4 nitrogen and oxygen atoms in total. The molecular formula is C14H16ClN3O. The van der Waals surface area contributed by atoms with Crippen molar-refractivity contribution < 1.29 is 4.79 Å².